The van der Waals surface area contributed by atoms with Crippen LogP contribution in [-0.2, 0) is 11.0 Å². The first-order valence-electron chi connectivity index (χ1n) is 7.93. The molecule has 138 valence electrons. The van der Waals surface area contributed by atoms with Crippen molar-refractivity contribution in [2.75, 3.05) is 11.9 Å². The second kappa shape index (κ2) is 7.45. The molecule has 2 N–H and O–H groups in total. The van der Waals surface area contributed by atoms with Crippen LogP contribution in [0.5, 0.6) is 0 Å². The van der Waals surface area contributed by atoms with Gasteiger partial charge < -0.3 is 10.6 Å². The van der Waals surface area contributed by atoms with Crippen molar-refractivity contribution in [3.05, 3.63) is 71.9 Å². The monoisotopic (exact) mass is 373 g/mol. The van der Waals surface area contributed by atoms with Crippen molar-refractivity contribution in [3.63, 3.8) is 0 Å². The lowest BCUT2D eigenvalue weighted by atomic mass is 10.1. The Morgan fingerprint density at radius 2 is 1.67 bits per heavy atom. The molecule has 8 heteroatoms. The number of aromatic nitrogens is 1. The number of para-hydroxylation sites is 1. The first-order valence-corrected chi connectivity index (χ1v) is 7.93. The summed E-state index contributed by atoms with van der Waals surface area (Å²) in [5, 5.41) is 5.88. The van der Waals surface area contributed by atoms with E-state index in [1.807, 2.05) is 12.1 Å². The fourth-order valence-corrected chi connectivity index (χ4v) is 2.47. The normalized spacial score (nSPS) is 11.2. The zero-order valence-electron chi connectivity index (χ0n) is 13.9. The van der Waals surface area contributed by atoms with Gasteiger partial charge >= 0.3 is 6.18 Å². The molecule has 0 radical (unpaired) electrons. The quantitative estimate of drug-likeness (QED) is 0.734. The predicted molar refractivity (Wildman–Crippen MR) is 94.1 cm³/mol. The molecule has 1 aromatic heterocycles. The Morgan fingerprint density at radius 3 is 2.37 bits per heavy atom. The summed E-state index contributed by atoms with van der Waals surface area (Å²) in [5.74, 6) is -1.12. The standard InChI is InChI=1S/C19H14F3N3O2/c20-19(21,22)14-8-6-13(7-9-14)18(27)24-11-16(26)25-15-5-1-3-12-4-2-10-23-17(12)15/h1-10H,11H2,(H,24,27)(H,25,26). The summed E-state index contributed by atoms with van der Waals surface area (Å²) in [6.45, 7) is -0.330. The van der Waals surface area contributed by atoms with Crippen molar-refractivity contribution < 1.29 is 22.8 Å². The molecule has 2 amide bonds. The number of benzene rings is 2. The summed E-state index contributed by atoms with van der Waals surface area (Å²) in [5.41, 5.74) is 0.298. The van der Waals surface area contributed by atoms with Crippen molar-refractivity contribution in [1.82, 2.24) is 10.3 Å². The number of nitrogens with zero attached hydrogens (tertiary/aromatic N) is 1. The van der Waals surface area contributed by atoms with Gasteiger partial charge in [-0.25, -0.2) is 0 Å². The molecule has 3 aromatic rings. The van der Waals surface area contributed by atoms with Gasteiger partial charge in [-0.3, -0.25) is 14.6 Å². The van der Waals surface area contributed by atoms with Crippen LogP contribution in [0.15, 0.2) is 60.8 Å². The third-order valence-corrected chi connectivity index (χ3v) is 3.79. The van der Waals surface area contributed by atoms with E-state index in [9.17, 15) is 22.8 Å². The topological polar surface area (TPSA) is 71.1 Å². The molecular formula is C19H14F3N3O2. The number of pyridine rings is 1. The summed E-state index contributed by atoms with van der Waals surface area (Å²) in [7, 11) is 0. The molecule has 0 saturated heterocycles. The van der Waals surface area contributed by atoms with Crippen LogP contribution < -0.4 is 10.6 Å². The van der Waals surface area contributed by atoms with Gasteiger partial charge in [0, 0.05) is 17.1 Å². The molecule has 5 nitrogen and oxygen atoms in total. The Labute approximate surface area is 152 Å². The van der Waals surface area contributed by atoms with Crippen LogP contribution in [0, 0.1) is 0 Å². The lowest BCUT2D eigenvalue weighted by molar-refractivity contribution is -0.137. The molecule has 0 aliphatic heterocycles. The highest BCUT2D eigenvalue weighted by molar-refractivity contribution is 6.03. The van der Waals surface area contributed by atoms with E-state index in [1.165, 1.54) is 0 Å². The molecule has 0 bridgehead atoms. The number of halogens is 3. The van der Waals surface area contributed by atoms with Gasteiger partial charge in [-0.1, -0.05) is 18.2 Å². The average molecular weight is 373 g/mol. The first kappa shape index (κ1) is 18.4. The zero-order chi connectivity index (χ0) is 19.4. The largest absolute Gasteiger partial charge is 0.416 e. The molecular weight excluding hydrogens is 359 g/mol. The number of amides is 2. The van der Waals surface area contributed by atoms with Gasteiger partial charge in [-0.2, -0.15) is 13.2 Å². The number of carbonyl (C=O) groups excluding carboxylic acids is 2. The van der Waals surface area contributed by atoms with Crippen LogP contribution >= 0.6 is 0 Å². The van der Waals surface area contributed by atoms with E-state index >= 15 is 0 Å². The number of alkyl halides is 3. The molecule has 0 fully saturated rings. The Morgan fingerprint density at radius 1 is 0.963 bits per heavy atom. The van der Waals surface area contributed by atoms with E-state index in [-0.39, 0.29) is 12.1 Å². The van der Waals surface area contributed by atoms with E-state index in [2.05, 4.69) is 15.6 Å². The second-order valence-corrected chi connectivity index (χ2v) is 5.69. The van der Waals surface area contributed by atoms with Crippen molar-refractivity contribution in [2.45, 2.75) is 6.18 Å². The number of hydrogen-bond acceptors (Lipinski definition) is 3. The van der Waals surface area contributed by atoms with Gasteiger partial charge in [0.1, 0.15) is 0 Å². The van der Waals surface area contributed by atoms with E-state index < -0.39 is 23.6 Å². The van der Waals surface area contributed by atoms with Gasteiger partial charge in [0.15, 0.2) is 0 Å². The molecule has 1 heterocycles. The minimum Gasteiger partial charge on any atom is -0.343 e. The summed E-state index contributed by atoms with van der Waals surface area (Å²) in [4.78, 5) is 28.3. The van der Waals surface area contributed by atoms with Crippen molar-refractivity contribution in [2.24, 2.45) is 0 Å². The third kappa shape index (κ3) is 4.41. The summed E-state index contributed by atoms with van der Waals surface area (Å²) in [6, 6.07) is 12.7. The summed E-state index contributed by atoms with van der Waals surface area (Å²) >= 11 is 0. The molecule has 0 unspecified atom stereocenters. The smallest absolute Gasteiger partial charge is 0.343 e. The summed E-state index contributed by atoms with van der Waals surface area (Å²) < 4.78 is 37.6. The number of carbonyl (C=O) groups is 2. The molecule has 3 rings (SSSR count). The van der Waals surface area contributed by atoms with Crippen LogP contribution in [0.2, 0.25) is 0 Å². The van der Waals surface area contributed by atoms with Gasteiger partial charge in [-0.05, 0) is 36.4 Å². The number of nitrogens with one attached hydrogen (secondary N) is 2. The Kier molecular flexibility index (Phi) is 5.07. The average Bonchev–Trinajstić information content (AvgIpc) is 2.66. The number of fused-ring (bicyclic) bond motifs is 1. The van der Waals surface area contributed by atoms with Crippen LogP contribution in [-0.4, -0.2) is 23.3 Å². The second-order valence-electron chi connectivity index (χ2n) is 5.69. The molecule has 0 atom stereocenters. The van der Waals surface area contributed by atoms with Gasteiger partial charge in [0.2, 0.25) is 5.91 Å². The molecule has 2 aromatic carbocycles. The highest BCUT2D eigenvalue weighted by Crippen LogP contribution is 2.29. The molecule has 0 aliphatic rings. The van der Waals surface area contributed by atoms with Gasteiger partial charge in [0.05, 0.1) is 23.3 Å². The van der Waals surface area contributed by atoms with Gasteiger partial charge in [0.25, 0.3) is 5.91 Å². The number of rotatable bonds is 4. The van der Waals surface area contributed by atoms with Crippen LogP contribution in [0.1, 0.15) is 15.9 Å². The molecule has 0 spiro atoms. The van der Waals surface area contributed by atoms with Crippen LogP contribution in [0.25, 0.3) is 10.9 Å². The Bertz CT molecular complexity index is 980. The minimum atomic E-state index is -4.47. The zero-order valence-corrected chi connectivity index (χ0v) is 13.9. The molecule has 0 aliphatic carbocycles. The molecule has 27 heavy (non-hydrogen) atoms. The maximum atomic E-state index is 12.5. The third-order valence-electron chi connectivity index (χ3n) is 3.79. The van der Waals surface area contributed by atoms with Crippen molar-refractivity contribution in [3.8, 4) is 0 Å². The maximum Gasteiger partial charge on any atom is 0.416 e. The SMILES string of the molecule is O=C(CNC(=O)c1ccc(C(F)(F)F)cc1)Nc1cccc2cccnc12. The van der Waals surface area contributed by atoms with E-state index in [4.69, 9.17) is 0 Å². The predicted octanol–water partition coefficient (Wildman–Crippen LogP) is 3.62. The minimum absolute atomic E-state index is 0.0302. The maximum absolute atomic E-state index is 12.5. The number of hydrogen-bond donors (Lipinski definition) is 2. The van der Waals surface area contributed by atoms with Gasteiger partial charge in [-0.15, -0.1) is 0 Å². The molecule has 0 saturated carbocycles. The first-order chi connectivity index (χ1) is 12.8. The van der Waals surface area contributed by atoms with Crippen molar-refractivity contribution in [1.29, 1.82) is 0 Å². The Hall–Kier alpha value is -3.42. The van der Waals surface area contributed by atoms with Crippen molar-refractivity contribution >= 4 is 28.4 Å². The van der Waals surface area contributed by atoms with Crippen LogP contribution in [0.3, 0.4) is 0 Å². The van der Waals surface area contributed by atoms with E-state index in [0.717, 1.165) is 29.7 Å². The lowest BCUT2D eigenvalue weighted by Gasteiger charge is -2.10. The fraction of sp³-hybridized carbons (Fsp3) is 0.105. The number of anilines is 1. The fourth-order valence-electron chi connectivity index (χ4n) is 2.47. The van der Waals surface area contributed by atoms with E-state index in [1.54, 1.807) is 24.4 Å². The lowest BCUT2D eigenvalue weighted by Crippen LogP contribution is -2.32. The highest BCUT2D eigenvalue weighted by Gasteiger charge is 2.30. The van der Waals surface area contributed by atoms with Crippen LogP contribution in [0.4, 0.5) is 18.9 Å². The Balaban J connectivity index is 1.61. The van der Waals surface area contributed by atoms with E-state index in [0.29, 0.717) is 11.2 Å². The highest BCUT2D eigenvalue weighted by atomic mass is 19.4. The summed E-state index contributed by atoms with van der Waals surface area (Å²) in [6.07, 6.45) is -2.87.